The zero-order chi connectivity index (χ0) is 22.2. The van der Waals surface area contributed by atoms with Crippen molar-refractivity contribution in [1.29, 1.82) is 0 Å². The first-order valence-corrected chi connectivity index (χ1v) is 13.7. The number of rotatable bonds is 9. The predicted octanol–water partition coefficient (Wildman–Crippen LogP) is 3.97. The number of hydrogen-bond acceptors (Lipinski definition) is 2. The van der Waals surface area contributed by atoms with Gasteiger partial charge in [0.15, 0.2) is 0 Å². The van der Waals surface area contributed by atoms with Crippen molar-refractivity contribution < 1.29 is 10.2 Å². The Hall–Kier alpha value is -2.34. The second-order valence-electron chi connectivity index (χ2n) is 7.58. The smallest absolute Gasteiger partial charge is 0.0511 e. The van der Waals surface area contributed by atoms with Crippen LogP contribution in [0.5, 0.6) is 0 Å². The Kier molecular flexibility index (Phi) is 8.21. The van der Waals surface area contributed by atoms with Crippen LogP contribution in [-0.2, 0) is 0 Å². The van der Waals surface area contributed by atoms with Gasteiger partial charge in [-0.15, -0.1) is 0 Å². The van der Waals surface area contributed by atoms with Gasteiger partial charge >= 0.3 is 0 Å². The van der Waals surface area contributed by atoms with Crippen molar-refractivity contribution in [2.45, 2.75) is 11.3 Å². The van der Waals surface area contributed by atoms with E-state index >= 15 is 0 Å². The van der Waals surface area contributed by atoms with Crippen LogP contribution in [0.4, 0.5) is 0 Å². The van der Waals surface area contributed by atoms with Gasteiger partial charge in [0.25, 0.3) is 0 Å². The van der Waals surface area contributed by atoms with E-state index < -0.39 is 15.8 Å². The molecule has 0 saturated carbocycles. The Morgan fingerprint density at radius 2 is 0.625 bits per heavy atom. The topological polar surface area (TPSA) is 40.5 Å². The fourth-order valence-electron chi connectivity index (χ4n) is 4.17. The summed E-state index contributed by atoms with van der Waals surface area (Å²) in [5.41, 5.74) is -0.155. The van der Waals surface area contributed by atoms with Crippen molar-refractivity contribution in [3.05, 3.63) is 121 Å². The molecule has 0 fully saturated rings. The van der Waals surface area contributed by atoms with E-state index in [1.165, 1.54) is 21.2 Å². The average molecular weight is 458 g/mol. The number of benzene rings is 4. The van der Waals surface area contributed by atoms with Gasteiger partial charge in [-0.2, -0.15) is 0 Å². The molecule has 0 aliphatic heterocycles. The van der Waals surface area contributed by atoms with Crippen LogP contribution in [0.25, 0.3) is 0 Å². The van der Waals surface area contributed by atoms with Crippen LogP contribution in [0, 0.1) is 0 Å². The van der Waals surface area contributed by atoms with E-state index in [4.69, 9.17) is 0 Å². The summed E-state index contributed by atoms with van der Waals surface area (Å²) in [5, 5.41) is 26.5. The van der Waals surface area contributed by atoms with Crippen LogP contribution in [0.15, 0.2) is 121 Å². The van der Waals surface area contributed by atoms with Gasteiger partial charge in [-0.3, -0.25) is 0 Å². The Balaban J connectivity index is 1.84. The predicted molar refractivity (Wildman–Crippen MR) is 140 cm³/mol. The third-order valence-corrected chi connectivity index (χ3v) is 11.6. The monoisotopic (exact) mass is 458 g/mol. The van der Waals surface area contributed by atoms with Gasteiger partial charge in [-0.1, -0.05) is 121 Å². The van der Waals surface area contributed by atoms with Crippen molar-refractivity contribution in [3.8, 4) is 0 Å². The first-order valence-electron chi connectivity index (χ1n) is 10.8. The minimum absolute atomic E-state index is 0.0270. The molecule has 0 heterocycles. The fraction of sp³-hybridized carbons (Fsp3) is 0.143. The van der Waals surface area contributed by atoms with Gasteiger partial charge in [0.2, 0.25) is 0 Å². The lowest BCUT2D eigenvalue weighted by Gasteiger charge is -2.38. The van der Waals surface area contributed by atoms with E-state index in [2.05, 4.69) is 97.1 Å². The van der Waals surface area contributed by atoms with Crippen LogP contribution in [0.3, 0.4) is 0 Å². The normalized spacial score (nSPS) is 13.2. The van der Waals surface area contributed by atoms with Crippen molar-refractivity contribution in [2.75, 3.05) is 13.2 Å². The highest BCUT2D eigenvalue weighted by Crippen LogP contribution is 2.51. The molecule has 0 aromatic heterocycles. The third kappa shape index (κ3) is 5.17. The Morgan fingerprint density at radius 3 is 0.812 bits per heavy atom. The van der Waals surface area contributed by atoms with Crippen molar-refractivity contribution in [3.63, 3.8) is 0 Å². The molecule has 4 aromatic rings. The summed E-state index contributed by atoms with van der Waals surface area (Å²) >= 11 is 0. The lowest BCUT2D eigenvalue weighted by Crippen LogP contribution is -2.39. The zero-order valence-electron chi connectivity index (χ0n) is 17.9. The summed E-state index contributed by atoms with van der Waals surface area (Å²) in [4.78, 5) is 0. The minimum atomic E-state index is -0.867. The second kappa shape index (κ2) is 11.5. The first kappa shape index (κ1) is 22.8. The minimum Gasteiger partial charge on any atom is -0.396 e. The summed E-state index contributed by atoms with van der Waals surface area (Å²) in [6, 6.07) is 41.9. The van der Waals surface area contributed by atoms with Crippen molar-refractivity contribution in [1.82, 2.24) is 0 Å². The standard InChI is InChI=1S/C28H28O2P2/c29-21-27(31(23-13-5-1-6-14-23)24-15-7-2-8-16-24)28(22-30)32(25-17-9-3-10-18-25)26-19-11-4-12-20-26/h1-20,27-30H,21-22H2. The Labute approximate surface area is 193 Å². The molecule has 0 saturated heterocycles. The van der Waals surface area contributed by atoms with E-state index in [0.29, 0.717) is 0 Å². The summed E-state index contributed by atoms with van der Waals surface area (Å²) in [6.45, 7) is 0.0540. The second-order valence-corrected chi connectivity index (χ2v) is 12.5. The molecular weight excluding hydrogens is 430 g/mol. The molecule has 32 heavy (non-hydrogen) atoms. The van der Waals surface area contributed by atoms with Gasteiger partial charge in [0.1, 0.15) is 0 Å². The molecule has 0 aliphatic carbocycles. The molecule has 2 unspecified atom stereocenters. The highest BCUT2D eigenvalue weighted by molar-refractivity contribution is 7.77. The van der Waals surface area contributed by atoms with Crippen LogP contribution in [-0.4, -0.2) is 34.7 Å². The molecule has 4 aromatic carbocycles. The SMILES string of the molecule is OCC(C(CO)P(c1ccccc1)c1ccccc1)P(c1ccccc1)c1ccccc1. The highest BCUT2D eigenvalue weighted by Gasteiger charge is 2.37. The zero-order valence-corrected chi connectivity index (χ0v) is 19.7. The maximum atomic E-state index is 10.8. The summed E-state index contributed by atoms with van der Waals surface area (Å²) < 4.78 is 0. The molecule has 2 atom stereocenters. The van der Waals surface area contributed by atoms with Gasteiger partial charge < -0.3 is 10.2 Å². The van der Waals surface area contributed by atoms with E-state index in [0.717, 1.165) is 0 Å². The molecular formula is C28H28O2P2. The summed E-state index contributed by atoms with van der Waals surface area (Å²) in [5.74, 6) is 0. The molecule has 0 radical (unpaired) electrons. The summed E-state index contributed by atoms with van der Waals surface area (Å²) in [7, 11) is -1.73. The molecule has 2 N–H and O–H groups in total. The Morgan fingerprint density at radius 1 is 0.406 bits per heavy atom. The van der Waals surface area contributed by atoms with Gasteiger partial charge in [-0.25, -0.2) is 0 Å². The average Bonchev–Trinajstić information content (AvgIpc) is 2.88. The fourth-order valence-corrected chi connectivity index (χ4v) is 10.3. The summed E-state index contributed by atoms with van der Waals surface area (Å²) in [6.07, 6.45) is 0. The van der Waals surface area contributed by atoms with Gasteiger partial charge in [-0.05, 0) is 37.1 Å². The maximum Gasteiger partial charge on any atom is 0.0511 e. The third-order valence-electron chi connectivity index (χ3n) is 5.62. The van der Waals surface area contributed by atoms with Gasteiger partial charge in [0.05, 0.1) is 13.2 Å². The molecule has 0 aliphatic rings. The van der Waals surface area contributed by atoms with E-state index in [1.54, 1.807) is 0 Å². The van der Waals surface area contributed by atoms with E-state index in [9.17, 15) is 10.2 Å². The lowest BCUT2D eigenvalue weighted by molar-refractivity contribution is 0.250. The molecule has 4 heteroatoms. The number of aliphatic hydroxyl groups excluding tert-OH is 2. The van der Waals surface area contributed by atoms with Crippen LogP contribution < -0.4 is 21.2 Å². The van der Waals surface area contributed by atoms with Crippen molar-refractivity contribution in [2.24, 2.45) is 0 Å². The highest BCUT2D eigenvalue weighted by atomic mass is 31.1. The molecule has 0 spiro atoms. The van der Waals surface area contributed by atoms with Crippen LogP contribution in [0.2, 0.25) is 0 Å². The number of hydrogen-bond donors (Lipinski definition) is 2. The van der Waals surface area contributed by atoms with Gasteiger partial charge in [0, 0.05) is 11.3 Å². The maximum absolute atomic E-state index is 10.8. The molecule has 162 valence electrons. The Bertz CT molecular complexity index is 892. The lowest BCUT2D eigenvalue weighted by atomic mass is 10.3. The molecule has 0 amide bonds. The first-order chi connectivity index (χ1) is 15.8. The quantitative estimate of drug-likeness (QED) is 0.373. The molecule has 4 rings (SSSR count). The van der Waals surface area contributed by atoms with Crippen LogP contribution >= 0.6 is 15.8 Å². The largest absolute Gasteiger partial charge is 0.396 e. The van der Waals surface area contributed by atoms with E-state index in [-0.39, 0.29) is 24.5 Å². The van der Waals surface area contributed by atoms with Crippen LogP contribution in [0.1, 0.15) is 0 Å². The molecule has 2 nitrogen and oxygen atoms in total. The molecule has 0 bridgehead atoms. The number of aliphatic hydroxyl groups is 2. The van der Waals surface area contributed by atoms with E-state index in [1.807, 2.05) is 24.3 Å². The van der Waals surface area contributed by atoms with Crippen molar-refractivity contribution >= 4 is 37.1 Å².